The normalized spacial score (nSPS) is 21.4. The van der Waals surface area contributed by atoms with Crippen molar-refractivity contribution in [2.45, 2.75) is 42.7 Å². The van der Waals surface area contributed by atoms with E-state index in [0.717, 1.165) is 25.0 Å². The minimum absolute atomic E-state index is 0.00766. The summed E-state index contributed by atoms with van der Waals surface area (Å²) in [6.45, 7) is 0. The molecule has 1 N–H and O–H groups in total. The third-order valence-corrected chi connectivity index (χ3v) is 5.48. The zero-order valence-corrected chi connectivity index (χ0v) is 13.7. The van der Waals surface area contributed by atoms with Crippen molar-refractivity contribution in [3.63, 3.8) is 0 Å². The number of ether oxygens (including phenoxy) is 1. The third kappa shape index (κ3) is 4.27. The Morgan fingerprint density at radius 1 is 1.08 bits per heavy atom. The maximum absolute atomic E-state index is 12.9. The Hall–Kier alpha value is -2.06. The maximum atomic E-state index is 12.9. The topological polar surface area (TPSA) is 81.2 Å². The highest BCUT2D eigenvalue weighted by Gasteiger charge is 2.26. The summed E-state index contributed by atoms with van der Waals surface area (Å²) < 4.78 is 45.9. The molecule has 1 saturated carbocycles. The van der Waals surface area contributed by atoms with Crippen LogP contribution in [0.5, 0.6) is 5.88 Å². The Morgan fingerprint density at radius 2 is 1.79 bits per heavy atom. The molecule has 0 atom stereocenters. The van der Waals surface area contributed by atoms with Gasteiger partial charge in [-0.05, 0) is 49.9 Å². The zero-order chi connectivity index (χ0) is 17.0. The van der Waals surface area contributed by atoms with Crippen LogP contribution in [0, 0.1) is 5.82 Å². The molecule has 1 fully saturated rings. The van der Waals surface area contributed by atoms with E-state index in [1.807, 2.05) is 0 Å². The summed E-state index contributed by atoms with van der Waals surface area (Å²) in [6, 6.07) is 4.66. The minimum Gasteiger partial charge on any atom is -0.473 e. The highest BCUT2D eigenvalue weighted by atomic mass is 32.2. The monoisotopic (exact) mass is 351 g/mol. The van der Waals surface area contributed by atoms with E-state index in [9.17, 15) is 12.8 Å². The molecule has 24 heavy (non-hydrogen) atoms. The van der Waals surface area contributed by atoms with E-state index in [0.29, 0.717) is 18.7 Å². The summed E-state index contributed by atoms with van der Waals surface area (Å²) >= 11 is 0. The van der Waals surface area contributed by atoms with Crippen molar-refractivity contribution in [1.29, 1.82) is 0 Å². The largest absolute Gasteiger partial charge is 0.473 e. The summed E-state index contributed by atoms with van der Waals surface area (Å²) in [7, 11) is -3.63. The lowest BCUT2D eigenvalue weighted by Crippen LogP contribution is -2.39. The van der Waals surface area contributed by atoms with Gasteiger partial charge in [-0.1, -0.05) is 0 Å². The van der Waals surface area contributed by atoms with Crippen LogP contribution in [0.25, 0.3) is 0 Å². The molecule has 0 radical (unpaired) electrons. The fourth-order valence-electron chi connectivity index (χ4n) is 2.72. The average molecular weight is 351 g/mol. The SMILES string of the molecule is O=S(=O)(NC1CCC(Oc2cnccn2)CC1)c1ccc(F)cc1. The summed E-state index contributed by atoms with van der Waals surface area (Å²) in [5.74, 6) is 0.0171. The van der Waals surface area contributed by atoms with E-state index >= 15 is 0 Å². The first-order valence-corrected chi connectivity index (χ1v) is 9.22. The second-order valence-electron chi connectivity index (χ2n) is 5.71. The first kappa shape index (κ1) is 16.8. The Balaban J connectivity index is 1.54. The third-order valence-electron chi connectivity index (χ3n) is 3.95. The van der Waals surface area contributed by atoms with Gasteiger partial charge in [0.15, 0.2) is 0 Å². The lowest BCUT2D eigenvalue weighted by atomic mass is 9.94. The van der Waals surface area contributed by atoms with Crippen molar-refractivity contribution in [1.82, 2.24) is 14.7 Å². The molecule has 0 amide bonds. The van der Waals surface area contributed by atoms with Gasteiger partial charge in [-0.3, -0.25) is 4.98 Å². The van der Waals surface area contributed by atoms with Crippen molar-refractivity contribution >= 4 is 10.0 Å². The lowest BCUT2D eigenvalue weighted by molar-refractivity contribution is 0.138. The number of nitrogens with zero attached hydrogens (tertiary/aromatic N) is 2. The number of rotatable bonds is 5. The summed E-state index contributed by atoms with van der Waals surface area (Å²) in [5.41, 5.74) is 0. The fourth-order valence-corrected chi connectivity index (χ4v) is 4.02. The van der Waals surface area contributed by atoms with Crippen LogP contribution in [0.15, 0.2) is 47.8 Å². The van der Waals surface area contributed by atoms with Gasteiger partial charge in [0.05, 0.1) is 11.1 Å². The van der Waals surface area contributed by atoms with E-state index in [2.05, 4.69) is 14.7 Å². The molecule has 6 nitrogen and oxygen atoms in total. The van der Waals surface area contributed by atoms with Gasteiger partial charge >= 0.3 is 0 Å². The van der Waals surface area contributed by atoms with Crippen LogP contribution in [0.2, 0.25) is 0 Å². The van der Waals surface area contributed by atoms with E-state index in [-0.39, 0.29) is 17.0 Å². The Morgan fingerprint density at radius 3 is 2.42 bits per heavy atom. The van der Waals surface area contributed by atoms with Crippen LogP contribution in [0.3, 0.4) is 0 Å². The highest BCUT2D eigenvalue weighted by Crippen LogP contribution is 2.24. The van der Waals surface area contributed by atoms with Gasteiger partial charge < -0.3 is 4.74 Å². The summed E-state index contributed by atoms with van der Waals surface area (Å²) in [5, 5.41) is 0. The second-order valence-corrected chi connectivity index (χ2v) is 7.42. The second kappa shape index (κ2) is 7.23. The van der Waals surface area contributed by atoms with Gasteiger partial charge in [-0.2, -0.15) is 0 Å². The highest BCUT2D eigenvalue weighted by molar-refractivity contribution is 7.89. The molecule has 1 heterocycles. The molecule has 0 aliphatic heterocycles. The fraction of sp³-hybridized carbons (Fsp3) is 0.375. The maximum Gasteiger partial charge on any atom is 0.240 e. The molecule has 3 rings (SSSR count). The van der Waals surface area contributed by atoms with Gasteiger partial charge in [0.25, 0.3) is 0 Å². The van der Waals surface area contributed by atoms with Crippen LogP contribution in [-0.4, -0.2) is 30.5 Å². The van der Waals surface area contributed by atoms with Crippen molar-refractivity contribution in [3.8, 4) is 5.88 Å². The number of sulfonamides is 1. The molecule has 1 aromatic carbocycles. The summed E-state index contributed by atoms with van der Waals surface area (Å²) in [4.78, 5) is 8.09. The number of halogens is 1. The quantitative estimate of drug-likeness (QED) is 0.894. The van der Waals surface area contributed by atoms with Crippen LogP contribution in [0.1, 0.15) is 25.7 Å². The van der Waals surface area contributed by atoms with Crippen molar-refractivity contribution in [2.75, 3.05) is 0 Å². The zero-order valence-electron chi connectivity index (χ0n) is 12.9. The van der Waals surface area contributed by atoms with Crippen LogP contribution >= 0.6 is 0 Å². The van der Waals surface area contributed by atoms with Crippen molar-refractivity contribution in [2.24, 2.45) is 0 Å². The molecule has 0 saturated heterocycles. The number of hydrogen-bond acceptors (Lipinski definition) is 5. The van der Waals surface area contributed by atoms with E-state index in [1.165, 1.54) is 12.1 Å². The lowest BCUT2D eigenvalue weighted by Gasteiger charge is -2.28. The molecule has 8 heteroatoms. The van der Waals surface area contributed by atoms with Crippen molar-refractivity contribution in [3.05, 3.63) is 48.7 Å². The number of nitrogens with one attached hydrogen (secondary N) is 1. The number of aromatic nitrogens is 2. The van der Waals surface area contributed by atoms with Gasteiger partial charge in [-0.25, -0.2) is 22.5 Å². The molecule has 1 aliphatic rings. The van der Waals surface area contributed by atoms with E-state index in [1.54, 1.807) is 18.6 Å². The molecule has 0 unspecified atom stereocenters. The predicted octanol–water partition coefficient (Wildman–Crippen LogP) is 2.28. The number of benzene rings is 1. The minimum atomic E-state index is -3.63. The smallest absolute Gasteiger partial charge is 0.240 e. The van der Waals surface area contributed by atoms with Crippen LogP contribution in [0.4, 0.5) is 4.39 Å². The molecule has 128 valence electrons. The van der Waals surface area contributed by atoms with Crippen LogP contribution in [-0.2, 0) is 10.0 Å². The number of hydrogen-bond donors (Lipinski definition) is 1. The van der Waals surface area contributed by atoms with Gasteiger partial charge in [-0.15, -0.1) is 0 Å². The first-order chi connectivity index (χ1) is 11.5. The van der Waals surface area contributed by atoms with Crippen molar-refractivity contribution < 1.29 is 17.5 Å². The van der Waals surface area contributed by atoms with Gasteiger partial charge in [0, 0.05) is 18.4 Å². The van der Waals surface area contributed by atoms with E-state index < -0.39 is 15.8 Å². The average Bonchev–Trinajstić information content (AvgIpc) is 2.58. The Kier molecular flexibility index (Phi) is 5.06. The summed E-state index contributed by atoms with van der Waals surface area (Å²) in [6.07, 6.45) is 7.51. The molecule has 2 aromatic rings. The van der Waals surface area contributed by atoms with Crippen LogP contribution < -0.4 is 9.46 Å². The molecule has 0 bridgehead atoms. The van der Waals surface area contributed by atoms with Gasteiger partial charge in [0.1, 0.15) is 11.9 Å². The Labute approximate surface area is 140 Å². The van der Waals surface area contributed by atoms with E-state index in [4.69, 9.17) is 4.74 Å². The molecule has 1 aromatic heterocycles. The Bertz CT molecular complexity index is 761. The predicted molar refractivity (Wildman–Crippen MR) is 85.4 cm³/mol. The molecule has 1 aliphatic carbocycles. The first-order valence-electron chi connectivity index (χ1n) is 7.73. The molecular weight excluding hydrogens is 333 g/mol. The molecule has 0 spiro atoms. The molecular formula is C16H18FN3O3S. The van der Waals surface area contributed by atoms with Gasteiger partial charge in [0.2, 0.25) is 15.9 Å². The standard InChI is InChI=1S/C16H18FN3O3S/c17-12-1-7-15(8-2-12)24(21,22)20-13-3-5-14(6-4-13)23-16-11-18-9-10-19-16/h1-2,7-11,13-14,20H,3-6H2.